The highest BCUT2D eigenvalue weighted by Crippen LogP contribution is 2.27. The monoisotopic (exact) mass is 390 g/mol. The molecule has 2 amide bonds. The third-order valence-electron chi connectivity index (χ3n) is 5.23. The standard InChI is InChI=1S/C20H30N4O4/c1-13(2)11-17(25)24-9-7-15(8-10-24)28-20-22-12-16(18(21)26)19(23-20)27-14-5-3-4-6-14/h12-15H,3-11H2,1-2H3,(H2,21,26). The summed E-state index contributed by atoms with van der Waals surface area (Å²) in [5.74, 6) is 0.144. The van der Waals surface area contributed by atoms with Crippen molar-refractivity contribution in [1.82, 2.24) is 14.9 Å². The van der Waals surface area contributed by atoms with Gasteiger partial charge in [-0.2, -0.15) is 4.98 Å². The molecule has 0 spiro atoms. The van der Waals surface area contributed by atoms with Crippen LogP contribution in [0.15, 0.2) is 6.20 Å². The lowest BCUT2D eigenvalue weighted by Crippen LogP contribution is -2.42. The van der Waals surface area contributed by atoms with Gasteiger partial charge in [0.1, 0.15) is 17.8 Å². The number of nitrogens with two attached hydrogens (primary N) is 1. The van der Waals surface area contributed by atoms with Crippen LogP contribution in [0.2, 0.25) is 0 Å². The van der Waals surface area contributed by atoms with Gasteiger partial charge in [0.25, 0.3) is 5.91 Å². The van der Waals surface area contributed by atoms with Gasteiger partial charge in [0.2, 0.25) is 11.8 Å². The Bertz CT molecular complexity index is 695. The van der Waals surface area contributed by atoms with Gasteiger partial charge in [-0.15, -0.1) is 0 Å². The maximum atomic E-state index is 12.2. The Labute approximate surface area is 165 Å². The second kappa shape index (κ2) is 9.21. The Morgan fingerprint density at radius 2 is 1.79 bits per heavy atom. The first-order chi connectivity index (χ1) is 13.4. The van der Waals surface area contributed by atoms with Crippen molar-refractivity contribution in [2.75, 3.05) is 13.1 Å². The lowest BCUT2D eigenvalue weighted by Gasteiger charge is -2.32. The Morgan fingerprint density at radius 3 is 2.39 bits per heavy atom. The van der Waals surface area contributed by atoms with Gasteiger partial charge in [0.05, 0.1) is 6.20 Å². The summed E-state index contributed by atoms with van der Waals surface area (Å²) >= 11 is 0. The first kappa shape index (κ1) is 20.4. The van der Waals surface area contributed by atoms with Crippen molar-refractivity contribution in [2.24, 2.45) is 11.7 Å². The molecule has 1 aliphatic carbocycles. The summed E-state index contributed by atoms with van der Waals surface area (Å²) in [5, 5.41) is 0. The van der Waals surface area contributed by atoms with E-state index in [0.717, 1.165) is 38.5 Å². The first-order valence-electron chi connectivity index (χ1n) is 10.2. The van der Waals surface area contributed by atoms with Crippen LogP contribution in [-0.4, -0.2) is 52.0 Å². The molecule has 1 saturated carbocycles. The Hall–Kier alpha value is -2.38. The molecule has 1 aliphatic heterocycles. The minimum Gasteiger partial charge on any atom is -0.474 e. The number of piperidine rings is 1. The van der Waals surface area contributed by atoms with E-state index < -0.39 is 5.91 Å². The predicted molar refractivity (Wildman–Crippen MR) is 103 cm³/mol. The molecule has 8 nitrogen and oxygen atoms in total. The second-order valence-corrected chi connectivity index (χ2v) is 8.06. The van der Waals surface area contributed by atoms with Gasteiger partial charge in [0.15, 0.2) is 0 Å². The molecule has 0 bridgehead atoms. The van der Waals surface area contributed by atoms with Crippen LogP contribution in [0.1, 0.15) is 69.2 Å². The highest BCUT2D eigenvalue weighted by molar-refractivity contribution is 5.94. The van der Waals surface area contributed by atoms with Crippen molar-refractivity contribution >= 4 is 11.8 Å². The summed E-state index contributed by atoms with van der Waals surface area (Å²) in [4.78, 5) is 34.2. The maximum absolute atomic E-state index is 12.2. The van der Waals surface area contributed by atoms with Gasteiger partial charge in [-0.05, 0) is 31.6 Å². The highest BCUT2D eigenvalue weighted by atomic mass is 16.5. The van der Waals surface area contributed by atoms with Crippen LogP contribution in [0.3, 0.4) is 0 Å². The zero-order chi connectivity index (χ0) is 20.1. The largest absolute Gasteiger partial charge is 0.474 e. The summed E-state index contributed by atoms with van der Waals surface area (Å²) in [5.41, 5.74) is 5.60. The molecule has 1 saturated heterocycles. The van der Waals surface area contributed by atoms with Crippen LogP contribution in [0.5, 0.6) is 11.9 Å². The molecule has 28 heavy (non-hydrogen) atoms. The molecule has 2 fully saturated rings. The molecular weight excluding hydrogens is 360 g/mol. The van der Waals surface area contributed by atoms with Gasteiger partial charge in [-0.3, -0.25) is 9.59 Å². The number of carbonyl (C=O) groups is 2. The molecule has 0 radical (unpaired) electrons. The van der Waals surface area contributed by atoms with Crippen LogP contribution in [0, 0.1) is 5.92 Å². The number of nitrogens with zero attached hydrogens (tertiary/aromatic N) is 3. The summed E-state index contributed by atoms with van der Waals surface area (Å²) in [7, 11) is 0. The number of aromatic nitrogens is 2. The van der Waals surface area contributed by atoms with Crippen LogP contribution >= 0.6 is 0 Å². The van der Waals surface area contributed by atoms with Crippen LogP contribution in [0.4, 0.5) is 0 Å². The minimum absolute atomic E-state index is 0.0519. The topological polar surface area (TPSA) is 108 Å². The zero-order valence-electron chi connectivity index (χ0n) is 16.7. The van der Waals surface area contributed by atoms with Crippen molar-refractivity contribution < 1.29 is 19.1 Å². The average molecular weight is 390 g/mol. The normalized spacial score (nSPS) is 18.5. The molecule has 3 rings (SSSR count). The number of likely N-dealkylation sites (tertiary alicyclic amines) is 1. The van der Waals surface area contributed by atoms with Crippen LogP contribution < -0.4 is 15.2 Å². The number of hydrogen-bond donors (Lipinski definition) is 1. The molecule has 8 heteroatoms. The molecule has 154 valence electrons. The van der Waals surface area contributed by atoms with Crippen LogP contribution in [-0.2, 0) is 4.79 Å². The lowest BCUT2D eigenvalue weighted by molar-refractivity contribution is -0.133. The van der Waals surface area contributed by atoms with E-state index in [0.29, 0.717) is 25.4 Å². The van der Waals surface area contributed by atoms with E-state index in [9.17, 15) is 9.59 Å². The van der Waals surface area contributed by atoms with Crippen molar-refractivity contribution in [1.29, 1.82) is 0 Å². The SMILES string of the molecule is CC(C)CC(=O)N1CCC(Oc2ncc(C(N)=O)c(OC3CCCC3)n2)CC1. The third-order valence-corrected chi connectivity index (χ3v) is 5.23. The molecular formula is C20H30N4O4. The van der Waals surface area contributed by atoms with Gasteiger partial charge >= 0.3 is 6.01 Å². The smallest absolute Gasteiger partial charge is 0.319 e. The predicted octanol–water partition coefficient (Wildman–Crippen LogP) is 2.31. The van der Waals surface area contributed by atoms with E-state index in [2.05, 4.69) is 9.97 Å². The van der Waals surface area contributed by atoms with E-state index in [-0.39, 0.29) is 35.6 Å². The third kappa shape index (κ3) is 5.33. The molecule has 0 unspecified atom stereocenters. The van der Waals surface area contributed by atoms with E-state index in [1.165, 1.54) is 6.20 Å². The highest BCUT2D eigenvalue weighted by Gasteiger charge is 2.26. The number of carbonyl (C=O) groups excluding carboxylic acids is 2. The number of hydrogen-bond acceptors (Lipinski definition) is 6. The van der Waals surface area contributed by atoms with E-state index in [4.69, 9.17) is 15.2 Å². The van der Waals surface area contributed by atoms with Gasteiger partial charge in [-0.1, -0.05) is 13.8 Å². The zero-order valence-corrected chi connectivity index (χ0v) is 16.7. The van der Waals surface area contributed by atoms with E-state index >= 15 is 0 Å². The molecule has 0 atom stereocenters. The van der Waals surface area contributed by atoms with Gasteiger partial charge in [0, 0.05) is 32.4 Å². The van der Waals surface area contributed by atoms with Crippen molar-refractivity contribution in [2.45, 2.75) is 71.0 Å². The fourth-order valence-corrected chi connectivity index (χ4v) is 3.68. The number of amides is 2. The maximum Gasteiger partial charge on any atom is 0.319 e. The van der Waals surface area contributed by atoms with Crippen molar-refractivity contribution in [3.8, 4) is 11.9 Å². The fourth-order valence-electron chi connectivity index (χ4n) is 3.68. The number of primary amides is 1. The Morgan fingerprint density at radius 1 is 1.14 bits per heavy atom. The summed E-state index contributed by atoms with van der Waals surface area (Å²) in [6.45, 7) is 5.43. The molecule has 2 heterocycles. The summed E-state index contributed by atoms with van der Waals surface area (Å²) in [6, 6.07) is 0.185. The number of ether oxygens (including phenoxy) is 2. The fraction of sp³-hybridized carbons (Fsp3) is 0.700. The molecule has 0 aromatic carbocycles. The molecule has 1 aromatic heterocycles. The van der Waals surface area contributed by atoms with E-state index in [1.807, 2.05) is 18.7 Å². The number of rotatable bonds is 7. The lowest BCUT2D eigenvalue weighted by atomic mass is 10.1. The first-order valence-corrected chi connectivity index (χ1v) is 10.2. The Kier molecular flexibility index (Phi) is 6.70. The van der Waals surface area contributed by atoms with Crippen molar-refractivity contribution in [3.63, 3.8) is 0 Å². The molecule has 1 aromatic rings. The van der Waals surface area contributed by atoms with E-state index in [1.54, 1.807) is 0 Å². The molecule has 2 N–H and O–H groups in total. The summed E-state index contributed by atoms with van der Waals surface area (Å²) in [6.07, 6.45) is 7.49. The van der Waals surface area contributed by atoms with Crippen molar-refractivity contribution in [3.05, 3.63) is 11.8 Å². The Balaban J connectivity index is 1.60. The minimum atomic E-state index is -0.614. The van der Waals surface area contributed by atoms with Crippen LogP contribution in [0.25, 0.3) is 0 Å². The van der Waals surface area contributed by atoms with Gasteiger partial charge < -0.3 is 20.1 Å². The van der Waals surface area contributed by atoms with Gasteiger partial charge in [-0.25, -0.2) is 4.98 Å². The molecule has 2 aliphatic rings. The second-order valence-electron chi connectivity index (χ2n) is 8.06. The average Bonchev–Trinajstić information content (AvgIpc) is 3.15. The quantitative estimate of drug-likeness (QED) is 0.765. The summed E-state index contributed by atoms with van der Waals surface area (Å²) < 4.78 is 11.8.